The minimum atomic E-state index is 0.793. The van der Waals surface area contributed by atoms with Crippen LogP contribution in [0.5, 0.6) is 5.75 Å². The van der Waals surface area contributed by atoms with Crippen LogP contribution in [0.25, 0.3) is 0 Å². The van der Waals surface area contributed by atoms with Crippen LogP contribution in [0.2, 0.25) is 0 Å². The minimum absolute atomic E-state index is 0.793. The smallest absolute Gasteiger partial charge is 0.119 e. The molecule has 1 aromatic rings. The van der Waals surface area contributed by atoms with Crippen molar-refractivity contribution in [3.63, 3.8) is 0 Å². The molecule has 0 aliphatic rings. The Kier molecular flexibility index (Phi) is 7.79. The van der Waals surface area contributed by atoms with Crippen molar-refractivity contribution in [2.45, 2.75) is 53.4 Å². The number of unbranched alkanes of at least 4 members (excludes halogenated alkanes) is 1. The third-order valence-electron chi connectivity index (χ3n) is 3.19. The highest BCUT2D eigenvalue weighted by atomic mass is 16.5. The Hall–Kier alpha value is -1.50. The number of ether oxygens (including phenoxy) is 1. The van der Waals surface area contributed by atoms with Crippen molar-refractivity contribution in [2.75, 3.05) is 6.61 Å². The van der Waals surface area contributed by atoms with E-state index < -0.39 is 0 Å². The zero-order valence-corrected chi connectivity index (χ0v) is 13.4. The molecule has 0 saturated heterocycles. The van der Waals surface area contributed by atoms with Crippen molar-refractivity contribution in [1.82, 2.24) is 0 Å². The lowest BCUT2D eigenvalue weighted by Crippen LogP contribution is -1.96. The van der Waals surface area contributed by atoms with Crippen molar-refractivity contribution in [2.24, 2.45) is 0 Å². The van der Waals surface area contributed by atoms with Crippen molar-refractivity contribution < 1.29 is 4.74 Å². The van der Waals surface area contributed by atoms with E-state index in [2.05, 4.69) is 52.0 Å². The minimum Gasteiger partial charge on any atom is -0.494 e. The van der Waals surface area contributed by atoms with Crippen LogP contribution >= 0.6 is 0 Å². The molecule has 0 spiro atoms. The molecule has 0 heterocycles. The molecule has 0 bridgehead atoms. The molecule has 0 atom stereocenters. The summed E-state index contributed by atoms with van der Waals surface area (Å²) in [7, 11) is 0. The lowest BCUT2D eigenvalue weighted by molar-refractivity contribution is 0.312. The summed E-state index contributed by atoms with van der Waals surface area (Å²) in [6.07, 6.45) is 9.16. The highest BCUT2D eigenvalue weighted by Gasteiger charge is 1.94. The maximum absolute atomic E-state index is 5.74. The summed E-state index contributed by atoms with van der Waals surface area (Å²) < 4.78 is 5.74. The van der Waals surface area contributed by atoms with Gasteiger partial charge in [-0.3, -0.25) is 0 Å². The van der Waals surface area contributed by atoms with Gasteiger partial charge in [-0.05, 0) is 71.1 Å². The van der Waals surface area contributed by atoms with E-state index in [1.807, 2.05) is 12.1 Å². The highest BCUT2D eigenvalue weighted by Crippen LogP contribution is 2.13. The molecule has 0 amide bonds. The molecule has 0 saturated carbocycles. The molecule has 0 radical (unpaired) electrons. The Morgan fingerprint density at radius 3 is 2.60 bits per heavy atom. The molecule has 0 N–H and O–H groups in total. The molecule has 0 aliphatic heterocycles. The molecular formula is C19H28O. The van der Waals surface area contributed by atoms with Crippen LogP contribution in [-0.2, 0) is 0 Å². The van der Waals surface area contributed by atoms with Crippen LogP contribution in [0, 0.1) is 6.92 Å². The third kappa shape index (κ3) is 7.83. The van der Waals surface area contributed by atoms with E-state index in [0.29, 0.717) is 0 Å². The monoisotopic (exact) mass is 272 g/mol. The third-order valence-corrected chi connectivity index (χ3v) is 3.19. The van der Waals surface area contributed by atoms with Gasteiger partial charge in [0.15, 0.2) is 0 Å². The summed E-state index contributed by atoms with van der Waals surface area (Å²) >= 11 is 0. The van der Waals surface area contributed by atoms with Crippen LogP contribution < -0.4 is 4.74 Å². The van der Waals surface area contributed by atoms with Crippen molar-refractivity contribution in [1.29, 1.82) is 0 Å². The largest absolute Gasteiger partial charge is 0.494 e. The fourth-order valence-electron chi connectivity index (χ4n) is 2.02. The van der Waals surface area contributed by atoms with Gasteiger partial charge in [0.1, 0.15) is 5.75 Å². The van der Waals surface area contributed by atoms with Crippen LogP contribution in [-0.4, -0.2) is 6.61 Å². The van der Waals surface area contributed by atoms with E-state index in [1.54, 1.807) is 0 Å². The fraction of sp³-hybridized carbons (Fsp3) is 0.474. The van der Waals surface area contributed by atoms with E-state index in [1.165, 1.54) is 23.1 Å². The first-order valence-corrected chi connectivity index (χ1v) is 7.56. The molecule has 1 nitrogen and oxygen atoms in total. The van der Waals surface area contributed by atoms with E-state index in [0.717, 1.165) is 31.6 Å². The molecular weight excluding hydrogens is 244 g/mol. The first-order chi connectivity index (χ1) is 9.58. The average molecular weight is 272 g/mol. The van der Waals surface area contributed by atoms with Gasteiger partial charge in [0.25, 0.3) is 0 Å². The summed E-state index contributed by atoms with van der Waals surface area (Å²) in [5, 5.41) is 0. The maximum Gasteiger partial charge on any atom is 0.119 e. The lowest BCUT2D eigenvalue weighted by Gasteiger charge is -2.06. The van der Waals surface area contributed by atoms with Crippen LogP contribution in [0.1, 0.15) is 52.0 Å². The van der Waals surface area contributed by atoms with E-state index >= 15 is 0 Å². The molecule has 0 aromatic heterocycles. The first kappa shape index (κ1) is 16.6. The summed E-state index contributed by atoms with van der Waals surface area (Å²) in [6.45, 7) is 9.41. The number of benzene rings is 1. The van der Waals surface area contributed by atoms with Gasteiger partial charge < -0.3 is 4.74 Å². The Bertz CT molecular complexity index is 451. The number of aryl methyl sites for hydroxylation is 1. The van der Waals surface area contributed by atoms with Gasteiger partial charge in [-0.15, -0.1) is 0 Å². The second-order valence-corrected chi connectivity index (χ2v) is 5.68. The van der Waals surface area contributed by atoms with Gasteiger partial charge in [-0.25, -0.2) is 0 Å². The van der Waals surface area contributed by atoms with Crippen molar-refractivity contribution in [3.8, 4) is 5.75 Å². The van der Waals surface area contributed by atoms with E-state index in [9.17, 15) is 0 Å². The lowest BCUT2D eigenvalue weighted by atomic mass is 10.1. The molecule has 1 heteroatoms. The van der Waals surface area contributed by atoms with Gasteiger partial charge in [-0.1, -0.05) is 35.4 Å². The van der Waals surface area contributed by atoms with Gasteiger partial charge in [0.2, 0.25) is 0 Å². The average Bonchev–Trinajstić information content (AvgIpc) is 2.38. The second kappa shape index (κ2) is 9.41. The summed E-state index contributed by atoms with van der Waals surface area (Å²) in [4.78, 5) is 0. The number of allylic oxidation sites excluding steroid dienone is 4. The fourth-order valence-corrected chi connectivity index (χ4v) is 2.02. The quantitative estimate of drug-likeness (QED) is 0.426. The van der Waals surface area contributed by atoms with E-state index in [4.69, 9.17) is 4.74 Å². The topological polar surface area (TPSA) is 9.23 Å². The first-order valence-electron chi connectivity index (χ1n) is 7.56. The zero-order valence-electron chi connectivity index (χ0n) is 13.4. The van der Waals surface area contributed by atoms with Gasteiger partial charge in [-0.2, -0.15) is 0 Å². The summed E-state index contributed by atoms with van der Waals surface area (Å²) in [5.41, 5.74) is 4.14. The van der Waals surface area contributed by atoms with Crippen LogP contribution in [0.4, 0.5) is 0 Å². The SMILES string of the molecule is CC(C)=CCC/C(C)=C/CCCOc1cccc(C)c1. The predicted octanol–water partition coefficient (Wildman–Crippen LogP) is 5.85. The molecule has 110 valence electrons. The Labute approximate surface area is 124 Å². The Balaban J connectivity index is 2.16. The second-order valence-electron chi connectivity index (χ2n) is 5.68. The Morgan fingerprint density at radius 2 is 1.90 bits per heavy atom. The van der Waals surface area contributed by atoms with Gasteiger partial charge in [0, 0.05) is 0 Å². The molecule has 0 aliphatic carbocycles. The molecule has 20 heavy (non-hydrogen) atoms. The maximum atomic E-state index is 5.74. The molecule has 1 aromatic carbocycles. The highest BCUT2D eigenvalue weighted by molar-refractivity contribution is 5.27. The standard InChI is InChI=1S/C19H28O/c1-16(2)9-7-11-17(3)10-5-6-14-20-19-13-8-12-18(4)15-19/h8-10,12-13,15H,5-7,11,14H2,1-4H3/b17-10+. The molecule has 1 rings (SSSR count). The normalized spacial score (nSPS) is 11.3. The van der Waals surface area contributed by atoms with Crippen LogP contribution in [0.3, 0.4) is 0 Å². The zero-order chi connectivity index (χ0) is 14.8. The molecule has 0 fully saturated rings. The summed E-state index contributed by atoms with van der Waals surface area (Å²) in [5.74, 6) is 0.981. The van der Waals surface area contributed by atoms with E-state index in [-0.39, 0.29) is 0 Å². The number of rotatable bonds is 8. The van der Waals surface area contributed by atoms with Crippen LogP contribution in [0.15, 0.2) is 47.6 Å². The molecule has 0 unspecified atom stereocenters. The van der Waals surface area contributed by atoms with Gasteiger partial charge >= 0.3 is 0 Å². The predicted molar refractivity (Wildman–Crippen MR) is 88.3 cm³/mol. The van der Waals surface area contributed by atoms with Gasteiger partial charge in [0.05, 0.1) is 6.61 Å². The number of hydrogen-bond donors (Lipinski definition) is 0. The number of hydrogen-bond acceptors (Lipinski definition) is 1. The van der Waals surface area contributed by atoms with Crippen molar-refractivity contribution in [3.05, 3.63) is 53.1 Å². The summed E-state index contributed by atoms with van der Waals surface area (Å²) in [6, 6.07) is 8.23. The van der Waals surface area contributed by atoms with Crippen molar-refractivity contribution >= 4 is 0 Å². The Morgan fingerprint density at radius 1 is 1.10 bits per heavy atom.